The fraction of sp³-hybridized carbons (Fsp3) is 0.562. The molecule has 0 aromatic heterocycles. The molecule has 21 heavy (non-hydrogen) atoms. The molecule has 0 bridgehead atoms. The Labute approximate surface area is 131 Å². The third-order valence-corrected chi connectivity index (χ3v) is 3.61. The van der Waals surface area contributed by atoms with Gasteiger partial charge in [0.15, 0.2) is 6.61 Å². The summed E-state index contributed by atoms with van der Waals surface area (Å²) in [5.74, 6) is 0.694. The second-order valence-corrected chi connectivity index (χ2v) is 6.90. The maximum atomic E-state index is 12.1. The predicted molar refractivity (Wildman–Crippen MR) is 84.8 cm³/mol. The van der Waals surface area contributed by atoms with Gasteiger partial charge in [0.05, 0.1) is 0 Å². The molecule has 1 aliphatic rings. The topological polar surface area (TPSA) is 41.6 Å². The maximum absolute atomic E-state index is 12.1. The van der Waals surface area contributed by atoms with Crippen LogP contribution >= 0.6 is 11.6 Å². The van der Waals surface area contributed by atoms with Crippen molar-refractivity contribution in [2.75, 3.05) is 19.7 Å². The van der Waals surface area contributed by atoms with Crippen molar-refractivity contribution in [1.29, 1.82) is 0 Å². The van der Waals surface area contributed by atoms with Gasteiger partial charge in [-0.3, -0.25) is 4.79 Å². The summed E-state index contributed by atoms with van der Waals surface area (Å²) in [6, 6.07) is 7.40. The van der Waals surface area contributed by atoms with Crippen molar-refractivity contribution in [2.45, 2.75) is 38.8 Å². The zero-order valence-electron chi connectivity index (χ0n) is 12.9. The second kappa shape index (κ2) is 6.67. The number of likely N-dealkylation sites (tertiary alicyclic amines) is 1. The van der Waals surface area contributed by atoms with Gasteiger partial charge >= 0.3 is 0 Å². The summed E-state index contributed by atoms with van der Waals surface area (Å²) in [5, 5.41) is 4.19. The summed E-state index contributed by atoms with van der Waals surface area (Å²) in [6.45, 7) is 8.03. The lowest BCUT2D eigenvalue weighted by Crippen LogP contribution is -2.45. The van der Waals surface area contributed by atoms with Crippen LogP contribution in [-0.2, 0) is 4.79 Å². The van der Waals surface area contributed by atoms with Gasteiger partial charge in [0.2, 0.25) is 0 Å². The van der Waals surface area contributed by atoms with E-state index in [2.05, 4.69) is 26.1 Å². The molecule has 1 saturated heterocycles. The van der Waals surface area contributed by atoms with Gasteiger partial charge in [-0.2, -0.15) is 0 Å². The first kappa shape index (κ1) is 16.1. The van der Waals surface area contributed by atoms with Crippen LogP contribution in [0.5, 0.6) is 5.75 Å². The lowest BCUT2D eigenvalue weighted by atomic mass is 10.1. The van der Waals surface area contributed by atoms with Gasteiger partial charge in [-0.05, 0) is 51.5 Å². The molecular formula is C16H23ClN2O2. The number of halogens is 1. The molecule has 1 heterocycles. The van der Waals surface area contributed by atoms with Crippen molar-refractivity contribution in [1.82, 2.24) is 10.2 Å². The fourth-order valence-corrected chi connectivity index (χ4v) is 2.61. The van der Waals surface area contributed by atoms with Crippen LogP contribution in [0.3, 0.4) is 0 Å². The molecule has 1 aromatic carbocycles. The fourth-order valence-electron chi connectivity index (χ4n) is 2.48. The van der Waals surface area contributed by atoms with Gasteiger partial charge in [-0.25, -0.2) is 0 Å². The van der Waals surface area contributed by atoms with Gasteiger partial charge in [-0.1, -0.05) is 11.6 Å². The smallest absolute Gasteiger partial charge is 0.260 e. The minimum Gasteiger partial charge on any atom is -0.484 e. The Kier molecular flexibility index (Phi) is 5.12. The lowest BCUT2D eigenvalue weighted by molar-refractivity contribution is -0.132. The van der Waals surface area contributed by atoms with Gasteiger partial charge < -0.3 is 15.0 Å². The van der Waals surface area contributed by atoms with Crippen LogP contribution in [0.25, 0.3) is 0 Å². The van der Waals surface area contributed by atoms with Gasteiger partial charge in [0, 0.05) is 29.7 Å². The normalized spacial score (nSPS) is 18.9. The highest BCUT2D eigenvalue weighted by atomic mass is 35.5. The summed E-state index contributed by atoms with van der Waals surface area (Å²) in [4.78, 5) is 14.0. The third kappa shape index (κ3) is 5.21. The third-order valence-electron chi connectivity index (χ3n) is 3.35. The average molecular weight is 311 g/mol. The van der Waals surface area contributed by atoms with Crippen LogP contribution < -0.4 is 10.1 Å². The van der Waals surface area contributed by atoms with Crippen molar-refractivity contribution in [2.24, 2.45) is 0 Å². The molecule has 1 N–H and O–H groups in total. The summed E-state index contributed by atoms with van der Waals surface area (Å²) in [5.41, 5.74) is 0.0729. The summed E-state index contributed by atoms with van der Waals surface area (Å²) in [6.07, 6.45) is 0.990. The highest BCUT2D eigenvalue weighted by molar-refractivity contribution is 6.30. The Morgan fingerprint density at radius 2 is 2.05 bits per heavy atom. The first-order valence-corrected chi connectivity index (χ1v) is 7.65. The van der Waals surface area contributed by atoms with Gasteiger partial charge in [0.1, 0.15) is 5.75 Å². The molecule has 0 unspecified atom stereocenters. The number of carbonyl (C=O) groups is 1. The molecular weight excluding hydrogens is 288 g/mol. The summed E-state index contributed by atoms with van der Waals surface area (Å²) < 4.78 is 5.50. The number of amides is 1. The first-order chi connectivity index (χ1) is 9.83. The van der Waals surface area contributed by atoms with Crippen molar-refractivity contribution in [3.05, 3.63) is 29.3 Å². The molecule has 4 nitrogen and oxygen atoms in total. The number of benzene rings is 1. The Bertz CT molecular complexity index is 482. The van der Waals surface area contributed by atoms with E-state index in [1.807, 2.05) is 4.90 Å². The van der Waals surface area contributed by atoms with E-state index in [9.17, 15) is 4.79 Å². The van der Waals surface area contributed by atoms with Crippen molar-refractivity contribution >= 4 is 17.5 Å². The Morgan fingerprint density at radius 1 is 1.38 bits per heavy atom. The van der Waals surface area contributed by atoms with Crippen LogP contribution in [0.2, 0.25) is 5.02 Å². The molecule has 1 fully saturated rings. The average Bonchev–Trinajstić information content (AvgIpc) is 2.84. The molecule has 1 atom stereocenters. The van der Waals surface area contributed by atoms with E-state index in [0.717, 1.165) is 19.5 Å². The highest BCUT2D eigenvalue weighted by Crippen LogP contribution is 2.17. The zero-order chi connectivity index (χ0) is 15.5. The van der Waals surface area contributed by atoms with E-state index in [0.29, 0.717) is 16.8 Å². The molecule has 1 aliphatic heterocycles. The van der Waals surface area contributed by atoms with Gasteiger partial charge in [0.25, 0.3) is 5.91 Å². The van der Waals surface area contributed by atoms with E-state index in [1.165, 1.54) is 0 Å². The van der Waals surface area contributed by atoms with Crippen molar-refractivity contribution in [3.63, 3.8) is 0 Å². The van der Waals surface area contributed by atoms with E-state index < -0.39 is 0 Å². The largest absolute Gasteiger partial charge is 0.484 e. The highest BCUT2D eigenvalue weighted by Gasteiger charge is 2.28. The number of carbonyl (C=O) groups excluding carboxylic acids is 1. The monoisotopic (exact) mass is 310 g/mol. The molecule has 5 heteroatoms. The summed E-state index contributed by atoms with van der Waals surface area (Å²) >= 11 is 5.81. The lowest BCUT2D eigenvalue weighted by Gasteiger charge is -2.26. The van der Waals surface area contributed by atoms with E-state index in [1.54, 1.807) is 24.3 Å². The van der Waals surface area contributed by atoms with Crippen LogP contribution in [0.4, 0.5) is 0 Å². The second-order valence-electron chi connectivity index (χ2n) is 6.46. The van der Waals surface area contributed by atoms with E-state index in [-0.39, 0.29) is 18.1 Å². The predicted octanol–water partition coefficient (Wildman–Crippen LogP) is 2.71. The standard InChI is InChI=1S/C16H23ClN2O2/c1-16(2,3)18-13-8-9-19(10-13)15(20)11-21-14-6-4-12(17)5-7-14/h4-7,13,18H,8-11H2,1-3H3/t13-/m0/s1. The van der Waals surface area contributed by atoms with Crippen LogP contribution in [-0.4, -0.2) is 42.1 Å². The van der Waals surface area contributed by atoms with Gasteiger partial charge in [-0.15, -0.1) is 0 Å². The van der Waals surface area contributed by atoms with Crippen molar-refractivity contribution < 1.29 is 9.53 Å². The van der Waals surface area contributed by atoms with E-state index >= 15 is 0 Å². The Hall–Kier alpha value is -1.26. The maximum Gasteiger partial charge on any atom is 0.260 e. The molecule has 0 aliphatic carbocycles. The SMILES string of the molecule is CC(C)(C)N[C@H]1CCN(C(=O)COc2ccc(Cl)cc2)C1. The van der Waals surface area contributed by atoms with Crippen LogP contribution in [0.1, 0.15) is 27.2 Å². The van der Waals surface area contributed by atoms with Crippen LogP contribution in [0, 0.1) is 0 Å². The molecule has 2 rings (SSSR count). The minimum absolute atomic E-state index is 0.0307. The number of nitrogens with one attached hydrogen (secondary N) is 1. The molecule has 0 spiro atoms. The molecule has 1 amide bonds. The number of hydrogen-bond donors (Lipinski definition) is 1. The molecule has 0 saturated carbocycles. The minimum atomic E-state index is 0.0307. The number of hydrogen-bond acceptors (Lipinski definition) is 3. The summed E-state index contributed by atoms with van der Waals surface area (Å²) in [7, 11) is 0. The number of ether oxygens (including phenoxy) is 1. The zero-order valence-corrected chi connectivity index (χ0v) is 13.6. The Morgan fingerprint density at radius 3 is 2.67 bits per heavy atom. The Balaban J connectivity index is 1.78. The van der Waals surface area contributed by atoms with Crippen LogP contribution in [0.15, 0.2) is 24.3 Å². The number of rotatable bonds is 4. The first-order valence-electron chi connectivity index (χ1n) is 7.27. The van der Waals surface area contributed by atoms with Crippen molar-refractivity contribution in [3.8, 4) is 5.75 Å². The molecule has 1 aromatic rings. The number of nitrogens with zero attached hydrogens (tertiary/aromatic N) is 1. The quantitative estimate of drug-likeness (QED) is 0.929. The molecule has 116 valence electrons. The van der Waals surface area contributed by atoms with E-state index in [4.69, 9.17) is 16.3 Å². The molecule has 0 radical (unpaired) electrons.